The lowest BCUT2D eigenvalue weighted by atomic mass is 9.95. The zero-order chi connectivity index (χ0) is 15.5. The Morgan fingerprint density at radius 2 is 1.86 bits per heavy atom. The summed E-state index contributed by atoms with van der Waals surface area (Å²) in [7, 11) is 0. The molecule has 2 rings (SSSR count). The molecule has 1 heterocycles. The summed E-state index contributed by atoms with van der Waals surface area (Å²) >= 11 is 1.73. The van der Waals surface area contributed by atoms with E-state index in [1.165, 1.54) is 4.88 Å². The molecule has 2 aromatic rings. The number of hydrogen-bond donors (Lipinski definition) is 2. The highest BCUT2D eigenvalue weighted by molar-refractivity contribution is 7.12. The number of carboxylic acid groups (broad SMARTS) is 1. The molecule has 21 heavy (non-hydrogen) atoms. The van der Waals surface area contributed by atoms with Gasteiger partial charge in [0.15, 0.2) is 0 Å². The summed E-state index contributed by atoms with van der Waals surface area (Å²) in [5.74, 6) is -0.853. The van der Waals surface area contributed by atoms with Crippen molar-refractivity contribution in [2.75, 3.05) is 0 Å². The standard InChI is InChI=1S/C17H21NO2S/c1-17(2,3)14-10-9-13(21-14)11-18-15(16(19)20)12-7-5-4-6-8-12/h4-10,15,18H,11H2,1-3H3,(H,19,20)/t15-/m1/s1. The Balaban J connectivity index is 2.06. The van der Waals surface area contributed by atoms with Crippen LogP contribution in [0.3, 0.4) is 0 Å². The molecule has 0 amide bonds. The number of carboxylic acids is 1. The third-order valence-electron chi connectivity index (χ3n) is 3.26. The average Bonchev–Trinajstić information content (AvgIpc) is 2.88. The molecule has 0 spiro atoms. The predicted molar refractivity (Wildman–Crippen MR) is 86.7 cm³/mol. The summed E-state index contributed by atoms with van der Waals surface area (Å²) in [5, 5.41) is 12.5. The minimum atomic E-state index is -0.853. The van der Waals surface area contributed by atoms with Crippen LogP contribution in [-0.4, -0.2) is 11.1 Å². The second-order valence-electron chi connectivity index (χ2n) is 6.08. The smallest absolute Gasteiger partial charge is 0.325 e. The van der Waals surface area contributed by atoms with Gasteiger partial charge in [0, 0.05) is 16.3 Å². The van der Waals surface area contributed by atoms with Crippen LogP contribution in [0.1, 0.15) is 42.1 Å². The van der Waals surface area contributed by atoms with Crippen molar-refractivity contribution in [2.24, 2.45) is 0 Å². The van der Waals surface area contributed by atoms with Gasteiger partial charge in [0.2, 0.25) is 0 Å². The van der Waals surface area contributed by atoms with Crippen molar-refractivity contribution in [3.63, 3.8) is 0 Å². The summed E-state index contributed by atoms with van der Waals surface area (Å²) in [5.41, 5.74) is 0.909. The summed E-state index contributed by atoms with van der Waals surface area (Å²) in [4.78, 5) is 13.9. The Kier molecular flexibility index (Phi) is 4.80. The molecule has 0 radical (unpaired) electrons. The molecule has 1 aromatic heterocycles. The van der Waals surface area contributed by atoms with E-state index in [1.807, 2.05) is 30.3 Å². The third-order valence-corrected chi connectivity index (χ3v) is 4.77. The third kappa shape index (κ3) is 4.16. The van der Waals surface area contributed by atoms with E-state index in [0.29, 0.717) is 6.54 Å². The predicted octanol–water partition coefficient (Wildman–Crippen LogP) is 3.96. The molecule has 3 nitrogen and oxygen atoms in total. The number of rotatable bonds is 5. The van der Waals surface area contributed by atoms with Gasteiger partial charge in [-0.2, -0.15) is 0 Å². The largest absolute Gasteiger partial charge is 0.480 e. The van der Waals surface area contributed by atoms with E-state index in [4.69, 9.17) is 0 Å². The van der Waals surface area contributed by atoms with Crippen LogP contribution in [-0.2, 0) is 16.8 Å². The minimum absolute atomic E-state index is 0.133. The molecule has 0 saturated heterocycles. The van der Waals surface area contributed by atoms with Gasteiger partial charge in [-0.25, -0.2) is 0 Å². The van der Waals surface area contributed by atoms with Gasteiger partial charge >= 0.3 is 5.97 Å². The van der Waals surface area contributed by atoms with Gasteiger partial charge in [0.05, 0.1) is 0 Å². The summed E-state index contributed by atoms with van der Waals surface area (Å²) < 4.78 is 0. The molecule has 0 aliphatic heterocycles. The van der Waals surface area contributed by atoms with Crippen molar-refractivity contribution in [1.29, 1.82) is 0 Å². The van der Waals surface area contributed by atoms with Crippen LogP contribution < -0.4 is 5.32 Å². The second kappa shape index (κ2) is 6.41. The first-order chi connectivity index (χ1) is 9.88. The molecule has 1 aromatic carbocycles. The number of hydrogen-bond acceptors (Lipinski definition) is 3. The first-order valence-corrected chi connectivity index (χ1v) is 7.80. The first-order valence-electron chi connectivity index (χ1n) is 6.98. The maximum Gasteiger partial charge on any atom is 0.325 e. The van der Waals surface area contributed by atoms with Gasteiger partial charge in [-0.1, -0.05) is 51.1 Å². The van der Waals surface area contributed by atoms with Gasteiger partial charge in [0.1, 0.15) is 6.04 Å². The Hall–Kier alpha value is -1.65. The Labute approximate surface area is 129 Å². The van der Waals surface area contributed by atoms with E-state index in [2.05, 4.69) is 38.2 Å². The van der Waals surface area contributed by atoms with Crippen molar-refractivity contribution in [3.05, 3.63) is 57.8 Å². The lowest BCUT2D eigenvalue weighted by Gasteiger charge is -2.16. The van der Waals surface area contributed by atoms with Gasteiger partial charge in [-0.05, 0) is 23.1 Å². The Morgan fingerprint density at radius 3 is 2.38 bits per heavy atom. The molecule has 4 heteroatoms. The number of thiophene rings is 1. The molecule has 1 atom stereocenters. The molecule has 0 aliphatic rings. The number of carbonyl (C=O) groups is 1. The van der Waals surface area contributed by atoms with Gasteiger partial charge in [-0.3, -0.25) is 10.1 Å². The lowest BCUT2D eigenvalue weighted by molar-refractivity contribution is -0.139. The fourth-order valence-electron chi connectivity index (χ4n) is 2.07. The molecular weight excluding hydrogens is 282 g/mol. The van der Waals surface area contributed by atoms with Gasteiger partial charge in [0.25, 0.3) is 0 Å². The zero-order valence-corrected chi connectivity index (χ0v) is 13.4. The SMILES string of the molecule is CC(C)(C)c1ccc(CN[C@@H](C(=O)O)c2ccccc2)s1. The molecule has 0 fully saturated rings. The van der Waals surface area contributed by atoms with Crippen LogP contribution in [0, 0.1) is 0 Å². The Bertz CT molecular complexity index is 599. The first kappa shape index (κ1) is 15.7. The highest BCUT2D eigenvalue weighted by Crippen LogP contribution is 2.29. The second-order valence-corrected chi connectivity index (χ2v) is 7.25. The van der Waals surface area contributed by atoms with Crippen molar-refractivity contribution in [1.82, 2.24) is 5.32 Å². The fraction of sp³-hybridized carbons (Fsp3) is 0.353. The molecular formula is C17H21NO2S. The number of benzene rings is 1. The number of aliphatic carboxylic acids is 1. The Morgan fingerprint density at radius 1 is 1.19 bits per heavy atom. The molecule has 0 saturated carbocycles. The molecule has 112 valence electrons. The van der Waals surface area contributed by atoms with Crippen LogP contribution >= 0.6 is 11.3 Å². The molecule has 0 aliphatic carbocycles. The summed E-state index contributed by atoms with van der Waals surface area (Å²) in [6, 6.07) is 12.8. The van der Waals surface area contributed by atoms with E-state index in [9.17, 15) is 9.90 Å². The van der Waals surface area contributed by atoms with Crippen LogP contribution in [0.5, 0.6) is 0 Å². The zero-order valence-electron chi connectivity index (χ0n) is 12.6. The van der Waals surface area contributed by atoms with Crippen LogP contribution in [0.15, 0.2) is 42.5 Å². The summed E-state index contributed by atoms with van der Waals surface area (Å²) in [6.45, 7) is 7.10. The summed E-state index contributed by atoms with van der Waals surface area (Å²) in [6.07, 6.45) is 0. The van der Waals surface area contributed by atoms with Crippen molar-refractivity contribution in [2.45, 2.75) is 38.8 Å². The number of nitrogens with one attached hydrogen (secondary N) is 1. The average molecular weight is 303 g/mol. The van der Waals surface area contributed by atoms with Gasteiger partial charge < -0.3 is 5.11 Å². The van der Waals surface area contributed by atoms with E-state index in [1.54, 1.807) is 11.3 Å². The lowest BCUT2D eigenvalue weighted by Crippen LogP contribution is -2.27. The topological polar surface area (TPSA) is 49.3 Å². The molecule has 0 bridgehead atoms. The van der Waals surface area contributed by atoms with Crippen molar-refractivity contribution in [3.8, 4) is 0 Å². The van der Waals surface area contributed by atoms with E-state index in [-0.39, 0.29) is 5.41 Å². The van der Waals surface area contributed by atoms with Crippen LogP contribution in [0.25, 0.3) is 0 Å². The van der Waals surface area contributed by atoms with E-state index >= 15 is 0 Å². The minimum Gasteiger partial charge on any atom is -0.480 e. The van der Waals surface area contributed by atoms with Crippen LogP contribution in [0.2, 0.25) is 0 Å². The quantitative estimate of drug-likeness (QED) is 0.879. The maximum atomic E-state index is 11.4. The molecule has 0 unspecified atom stereocenters. The van der Waals surface area contributed by atoms with Crippen LogP contribution in [0.4, 0.5) is 0 Å². The monoisotopic (exact) mass is 303 g/mol. The highest BCUT2D eigenvalue weighted by atomic mass is 32.1. The van der Waals surface area contributed by atoms with Crippen molar-refractivity contribution < 1.29 is 9.90 Å². The molecule has 2 N–H and O–H groups in total. The van der Waals surface area contributed by atoms with Crippen molar-refractivity contribution >= 4 is 17.3 Å². The maximum absolute atomic E-state index is 11.4. The highest BCUT2D eigenvalue weighted by Gasteiger charge is 2.20. The van der Waals surface area contributed by atoms with E-state index < -0.39 is 12.0 Å². The van der Waals surface area contributed by atoms with E-state index in [0.717, 1.165) is 10.4 Å². The fourth-order valence-corrected chi connectivity index (χ4v) is 3.09. The normalized spacial score (nSPS) is 13.1. The van der Waals surface area contributed by atoms with Gasteiger partial charge in [-0.15, -0.1) is 11.3 Å².